The van der Waals surface area contributed by atoms with Gasteiger partial charge in [0.15, 0.2) is 6.29 Å². The number of hydrogen-bond acceptors (Lipinski definition) is 2. The molecule has 0 spiro atoms. The molecule has 2 aromatic carbocycles. The maximum Gasteiger partial charge on any atom is 0.150 e. The maximum absolute atomic E-state index is 11.2. The molecule has 98 valence electrons. The lowest BCUT2D eigenvalue weighted by atomic mass is 10.0. The number of fused-ring (bicyclic) bond motifs is 1. The first kappa shape index (κ1) is 13.1. The van der Waals surface area contributed by atoms with Crippen molar-refractivity contribution in [2.75, 3.05) is 0 Å². The fourth-order valence-corrected chi connectivity index (χ4v) is 2.96. The third-order valence-electron chi connectivity index (χ3n) is 3.13. The minimum Gasteiger partial charge on any atom is -0.298 e. The van der Waals surface area contributed by atoms with Gasteiger partial charge in [-0.05, 0) is 11.6 Å². The predicted octanol–water partition coefficient (Wildman–Crippen LogP) is 5.02. The summed E-state index contributed by atoms with van der Waals surface area (Å²) in [5, 5.41) is 1.41. The standard InChI is InChI=1S/C16H9Cl2NO/c17-15-13-11(9-20)7-4-8-12(13)19-16(18)14(15)10-5-2-1-3-6-10/h1-9H. The number of rotatable bonds is 2. The van der Waals surface area contributed by atoms with E-state index >= 15 is 0 Å². The first-order valence-corrected chi connectivity index (χ1v) is 6.76. The van der Waals surface area contributed by atoms with Crippen molar-refractivity contribution < 1.29 is 4.79 Å². The van der Waals surface area contributed by atoms with Gasteiger partial charge in [-0.15, -0.1) is 0 Å². The third kappa shape index (κ3) is 2.07. The number of carbonyl (C=O) groups excluding carboxylic acids is 1. The summed E-state index contributed by atoms with van der Waals surface area (Å²) in [6.07, 6.45) is 0.776. The molecule has 0 aliphatic carbocycles. The molecule has 4 heteroatoms. The van der Waals surface area contributed by atoms with E-state index < -0.39 is 0 Å². The molecule has 0 N–H and O–H groups in total. The molecule has 3 rings (SSSR count). The van der Waals surface area contributed by atoms with E-state index in [1.807, 2.05) is 30.3 Å². The summed E-state index contributed by atoms with van der Waals surface area (Å²) in [7, 11) is 0. The summed E-state index contributed by atoms with van der Waals surface area (Å²) in [6, 6.07) is 14.8. The average molecular weight is 302 g/mol. The van der Waals surface area contributed by atoms with Crippen LogP contribution in [0, 0.1) is 0 Å². The van der Waals surface area contributed by atoms with Crippen LogP contribution in [0.15, 0.2) is 48.5 Å². The van der Waals surface area contributed by atoms with Gasteiger partial charge in [-0.25, -0.2) is 4.98 Å². The lowest BCUT2D eigenvalue weighted by molar-refractivity contribution is 0.112. The molecule has 0 aliphatic heterocycles. The highest BCUT2D eigenvalue weighted by atomic mass is 35.5. The quantitative estimate of drug-likeness (QED) is 0.491. The molecule has 1 aromatic heterocycles. The minimum atomic E-state index is 0.330. The normalized spacial score (nSPS) is 10.7. The Labute approximate surface area is 126 Å². The van der Waals surface area contributed by atoms with Crippen LogP contribution in [-0.2, 0) is 0 Å². The summed E-state index contributed by atoms with van der Waals surface area (Å²) in [6.45, 7) is 0. The highest BCUT2D eigenvalue weighted by molar-refractivity contribution is 6.42. The Hall–Kier alpha value is -1.90. The molecule has 0 saturated heterocycles. The minimum absolute atomic E-state index is 0.330. The summed E-state index contributed by atoms with van der Waals surface area (Å²) >= 11 is 12.7. The van der Waals surface area contributed by atoms with Gasteiger partial charge in [-0.3, -0.25) is 4.79 Å². The lowest BCUT2D eigenvalue weighted by Crippen LogP contribution is -1.92. The molecule has 0 bridgehead atoms. The van der Waals surface area contributed by atoms with Gasteiger partial charge >= 0.3 is 0 Å². The molecule has 3 aromatic rings. The van der Waals surface area contributed by atoms with Crippen LogP contribution < -0.4 is 0 Å². The number of benzene rings is 2. The fraction of sp³-hybridized carbons (Fsp3) is 0. The number of aldehydes is 1. The number of carbonyl (C=O) groups is 1. The second kappa shape index (κ2) is 5.23. The number of aromatic nitrogens is 1. The van der Waals surface area contributed by atoms with Gasteiger partial charge < -0.3 is 0 Å². The highest BCUT2D eigenvalue weighted by Crippen LogP contribution is 2.39. The molecule has 0 unspecified atom stereocenters. The largest absolute Gasteiger partial charge is 0.298 e. The summed E-state index contributed by atoms with van der Waals surface area (Å²) in [4.78, 5) is 15.5. The van der Waals surface area contributed by atoms with Gasteiger partial charge in [0.1, 0.15) is 5.15 Å². The van der Waals surface area contributed by atoms with Gasteiger partial charge in [-0.1, -0.05) is 65.7 Å². The van der Waals surface area contributed by atoms with Crippen LogP contribution in [0.3, 0.4) is 0 Å². The van der Waals surface area contributed by atoms with Gasteiger partial charge in [0.05, 0.1) is 10.5 Å². The zero-order valence-corrected chi connectivity index (χ0v) is 11.8. The molecule has 0 radical (unpaired) electrons. The van der Waals surface area contributed by atoms with Gasteiger partial charge in [0, 0.05) is 16.5 Å². The zero-order chi connectivity index (χ0) is 14.1. The third-order valence-corrected chi connectivity index (χ3v) is 3.78. The van der Waals surface area contributed by atoms with Crippen LogP contribution in [-0.4, -0.2) is 11.3 Å². The Balaban J connectivity index is 2.42. The van der Waals surface area contributed by atoms with Crippen molar-refractivity contribution >= 4 is 40.4 Å². The highest BCUT2D eigenvalue weighted by Gasteiger charge is 2.16. The number of halogens is 2. The molecule has 2 nitrogen and oxygen atoms in total. The van der Waals surface area contributed by atoms with E-state index in [0.717, 1.165) is 11.8 Å². The van der Waals surface area contributed by atoms with Gasteiger partial charge in [-0.2, -0.15) is 0 Å². The van der Waals surface area contributed by atoms with Crippen molar-refractivity contribution in [2.45, 2.75) is 0 Å². The Bertz CT molecular complexity index is 800. The molecule has 0 saturated carbocycles. The second-order valence-electron chi connectivity index (χ2n) is 4.32. The average Bonchev–Trinajstić information content (AvgIpc) is 2.47. The second-order valence-corrected chi connectivity index (χ2v) is 5.05. The topological polar surface area (TPSA) is 30.0 Å². The summed E-state index contributed by atoms with van der Waals surface area (Å²) in [5.74, 6) is 0. The molecule has 20 heavy (non-hydrogen) atoms. The summed E-state index contributed by atoms with van der Waals surface area (Å²) in [5.41, 5.74) is 2.64. The van der Waals surface area contributed by atoms with Crippen LogP contribution in [0.25, 0.3) is 22.0 Å². The van der Waals surface area contributed by atoms with E-state index in [-0.39, 0.29) is 0 Å². The van der Waals surface area contributed by atoms with Gasteiger partial charge in [0.2, 0.25) is 0 Å². The fourth-order valence-electron chi connectivity index (χ4n) is 2.22. The molecule has 0 aliphatic rings. The first-order valence-electron chi connectivity index (χ1n) is 6.00. The van der Waals surface area contributed by atoms with Crippen LogP contribution in [0.1, 0.15) is 10.4 Å². The molecular weight excluding hydrogens is 293 g/mol. The van der Waals surface area contributed by atoms with Crippen molar-refractivity contribution in [2.24, 2.45) is 0 Å². The number of nitrogens with zero attached hydrogens (tertiary/aromatic N) is 1. The van der Waals surface area contributed by atoms with E-state index in [1.54, 1.807) is 18.2 Å². The van der Waals surface area contributed by atoms with Crippen LogP contribution in [0.5, 0.6) is 0 Å². The molecule has 0 amide bonds. The van der Waals surface area contributed by atoms with E-state index in [9.17, 15) is 4.79 Å². The van der Waals surface area contributed by atoms with Crippen molar-refractivity contribution in [1.29, 1.82) is 0 Å². The smallest absolute Gasteiger partial charge is 0.150 e. The first-order chi connectivity index (χ1) is 9.72. The Morgan fingerprint density at radius 3 is 2.40 bits per heavy atom. The van der Waals surface area contributed by atoms with Crippen molar-refractivity contribution in [3.8, 4) is 11.1 Å². The number of hydrogen-bond donors (Lipinski definition) is 0. The van der Waals surface area contributed by atoms with Crippen LogP contribution in [0.2, 0.25) is 10.2 Å². The van der Waals surface area contributed by atoms with Crippen LogP contribution in [0.4, 0.5) is 0 Å². The van der Waals surface area contributed by atoms with Gasteiger partial charge in [0.25, 0.3) is 0 Å². The van der Waals surface area contributed by atoms with E-state index in [0.29, 0.717) is 32.2 Å². The van der Waals surface area contributed by atoms with E-state index in [1.165, 1.54) is 0 Å². The van der Waals surface area contributed by atoms with Crippen molar-refractivity contribution in [1.82, 2.24) is 4.98 Å². The zero-order valence-electron chi connectivity index (χ0n) is 10.3. The predicted molar refractivity (Wildman–Crippen MR) is 82.6 cm³/mol. The molecule has 1 heterocycles. The Morgan fingerprint density at radius 2 is 1.70 bits per heavy atom. The summed E-state index contributed by atoms with van der Waals surface area (Å²) < 4.78 is 0. The molecule has 0 atom stereocenters. The SMILES string of the molecule is O=Cc1cccc2nc(Cl)c(-c3ccccc3)c(Cl)c12. The van der Waals surface area contributed by atoms with E-state index in [4.69, 9.17) is 23.2 Å². The van der Waals surface area contributed by atoms with Crippen molar-refractivity contribution in [3.05, 3.63) is 64.3 Å². The lowest BCUT2D eigenvalue weighted by Gasteiger charge is -2.11. The monoisotopic (exact) mass is 301 g/mol. The van der Waals surface area contributed by atoms with Crippen LogP contribution >= 0.6 is 23.2 Å². The van der Waals surface area contributed by atoms with E-state index in [2.05, 4.69) is 4.98 Å². The molecule has 0 fully saturated rings. The maximum atomic E-state index is 11.2. The molecular formula is C16H9Cl2NO. The number of pyridine rings is 1. The Morgan fingerprint density at radius 1 is 0.950 bits per heavy atom. The Kier molecular flexibility index (Phi) is 3.43. The van der Waals surface area contributed by atoms with Crippen molar-refractivity contribution in [3.63, 3.8) is 0 Å².